The number of carboxylic acid groups (broad SMARTS) is 1. The molecule has 0 spiro atoms. The van der Waals surface area contributed by atoms with Crippen molar-refractivity contribution in [1.82, 2.24) is 10.6 Å². The molecule has 34 heavy (non-hydrogen) atoms. The number of fused-ring (bicyclic) bond motifs is 3. The fourth-order valence-corrected chi connectivity index (χ4v) is 4.74. The van der Waals surface area contributed by atoms with E-state index in [1.54, 1.807) is 6.92 Å². The van der Waals surface area contributed by atoms with Crippen molar-refractivity contribution in [2.45, 2.75) is 31.8 Å². The Bertz CT molecular complexity index is 1010. The van der Waals surface area contributed by atoms with Gasteiger partial charge in [0, 0.05) is 38.0 Å². The van der Waals surface area contributed by atoms with Crippen molar-refractivity contribution >= 4 is 18.0 Å². The largest absolute Gasteiger partial charge is 0.481 e. The monoisotopic (exact) mass is 466 g/mol. The summed E-state index contributed by atoms with van der Waals surface area (Å²) in [5.41, 5.74) is 4.63. The number of carbonyl (C=O) groups excluding carboxylic acids is 2. The van der Waals surface area contributed by atoms with Gasteiger partial charge in [0.25, 0.3) is 0 Å². The van der Waals surface area contributed by atoms with Crippen LogP contribution in [0.25, 0.3) is 11.1 Å². The van der Waals surface area contributed by atoms with Gasteiger partial charge in [-0.2, -0.15) is 0 Å². The number of hydrogen-bond donors (Lipinski definition) is 3. The molecule has 1 aliphatic heterocycles. The highest BCUT2D eigenvalue weighted by Gasteiger charge is 2.35. The van der Waals surface area contributed by atoms with Crippen LogP contribution in [-0.2, 0) is 19.1 Å². The molecular weight excluding hydrogens is 436 g/mol. The van der Waals surface area contributed by atoms with Gasteiger partial charge < -0.3 is 25.2 Å². The van der Waals surface area contributed by atoms with E-state index in [1.807, 2.05) is 24.3 Å². The number of hydrogen-bond acceptors (Lipinski definition) is 5. The van der Waals surface area contributed by atoms with Crippen LogP contribution >= 0.6 is 0 Å². The van der Waals surface area contributed by atoms with Crippen LogP contribution in [0.4, 0.5) is 4.79 Å². The molecule has 2 aromatic carbocycles. The summed E-state index contributed by atoms with van der Waals surface area (Å²) in [5, 5.41) is 14.4. The van der Waals surface area contributed by atoms with Crippen molar-refractivity contribution in [3.8, 4) is 11.1 Å². The van der Waals surface area contributed by atoms with Crippen LogP contribution in [-0.4, -0.2) is 55.5 Å². The van der Waals surface area contributed by atoms with Crippen molar-refractivity contribution in [3.63, 3.8) is 0 Å². The quantitative estimate of drug-likeness (QED) is 0.523. The highest BCUT2D eigenvalue weighted by Crippen LogP contribution is 2.44. The third-order valence-corrected chi connectivity index (χ3v) is 6.47. The standard InChI is InChI=1S/C26H30N2O6/c1-16(12-23(29)30)13-27-25(31)24-17(10-11-33-24)14-28-26(32)34-15-22-20-8-4-2-6-18(20)19-7-3-5-9-21(19)22/h2-9,16-17,22,24H,10-15H2,1H3,(H,27,31)(H,28,32)(H,29,30). The lowest BCUT2D eigenvalue weighted by atomic mass is 9.98. The van der Waals surface area contributed by atoms with Gasteiger partial charge >= 0.3 is 12.1 Å². The Morgan fingerprint density at radius 1 is 1.06 bits per heavy atom. The van der Waals surface area contributed by atoms with E-state index in [0.717, 1.165) is 11.1 Å². The molecule has 4 rings (SSSR count). The Hall–Kier alpha value is -3.39. The Balaban J connectivity index is 1.26. The summed E-state index contributed by atoms with van der Waals surface area (Å²) in [6.45, 7) is 2.95. The Morgan fingerprint density at radius 3 is 2.35 bits per heavy atom. The van der Waals surface area contributed by atoms with Crippen molar-refractivity contribution < 1.29 is 29.0 Å². The van der Waals surface area contributed by atoms with E-state index in [1.165, 1.54) is 11.1 Å². The highest BCUT2D eigenvalue weighted by atomic mass is 16.5. The maximum absolute atomic E-state index is 12.5. The zero-order chi connectivity index (χ0) is 24.1. The number of ether oxygens (including phenoxy) is 2. The van der Waals surface area contributed by atoms with Gasteiger partial charge in [-0.25, -0.2) is 4.79 Å². The number of carbonyl (C=O) groups is 3. The predicted octanol–water partition coefficient (Wildman–Crippen LogP) is 3.16. The van der Waals surface area contributed by atoms with Gasteiger partial charge in [-0.15, -0.1) is 0 Å². The minimum absolute atomic E-state index is 0.0146. The molecule has 1 saturated heterocycles. The predicted molar refractivity (Wildman–Crippen MR) is 125 cm³/mol. The van der Waals surface area contributed by atoms with Crippen LogP contribution in [0.15, 0.2) is 48.5 Å². The van der Waals surface area contributed by atoms with E-state index in [0.29, 0.717) is 13.0 Å². The minimum Gasteiger partial charge on any atom is -0.481 e. The first kappa shape index (κ1) is 23.8. The Kier molecular flexibility index (Phi) is 7.47. The molecule has 3 unspecified atom stereocenters. The van der Waals surface area contributed by atoms with Crippen molar-refractivity contribution in [2.75, 3.05) is 26.3 Å². The smallest absolute Gasteiger partial charge is 0.407 e. The molecular formula is C26H30N2O6. The van der Waals surface area contributed by atoms with E-state index in [4.69, 9.17) is 14.6 Å². The van der Waals surface area contributed by atoms with Crippen LogP contribution in [0.1, 0.15) is 36.8 Å². The molecule has 3 atom stereocenters. The molecule has 8 heteroatoms. The lowest BCUT2D eigenvalue weighted by Gasteiger charge is -2.20. The molecule has 1 heterocycles. The third kappa shape index (κ3) is 5.39. The molecule has 1 fully saturated rings. The minimum atomic E-state index is -0.899. The number of nitrogens with one attached hydrogen (secondary N) is 2. The average Bonchev–Trinajstić information content (AvgIpc) is 3.42. The van der Waals surface area contributed by atoms with Gasteiger partial charge in [-0.05, 0) is 34.6 Å². The number of rotatable bonds is 9. The lowest BCUT2D eigenvalue weighted by Crippen LogP contribution is -2.43. The van der Waals surface area contributed by atoms with Crippen LogP contribution in [0.2, 0.25) is 0 Å². The van der Waals surface area contributed by atoms with Crippen LogP contribution in [0.5, 0.6) is 0 Å². The van der Waals surface area contributed by atoms with E-state index in [2.05, 4.69) is 34.9 Å². The molecule has 2 amide bonds. The Labute approximate surface area is 198 Å². The topological polar surface area (TPSA) is 114 Å². The molecule has 180 valence electrons. The van der Waals surface area contributed by atoms with Gasteiger partial charge in [0.1, 0.15) is 12.7 Å². The van der Waals surface area contributed by atoms with Gasteiger partial charge in [0.2, 0.25) is 5.91 Å². The lowest BCUT2D eigenvalue weighted by molar-refractivity contribution is -0.138. The molecule has 8 nitrogen and oxygen atoms in total. The maximum atomic E-state index is 12.5. The molecule has 0 radical (unpaired) electrons. The number of amides is 2. The zero-order valence-electron chi connectivity index (χ0n) is 19.2. The average molecular weight is 467 g/mol. The second-order valence-corrected chi connectivity index (χ2v) is 8.99. The number of aliphatic carboxylic acids is 1. The van der Waals surface area contributed by atoms with Crippen molar-refractivity contribution in [2.24, 2.45) is 11.8 Å². The first-order valence-corrected chi connectivity index (χ1v) is 11.6. The van der Waals surface area contributed by atoms with Crippen LogP contribution in [0.3, 0.4) is 0 Å². The van der Waals surface area contributed by atoms with Crippen LogP contribution < -0.4 is 10.6 Å². The SMILES string of the molecule is CC(CNC(=O)C1OCCC1CNC(=O)OCC1c2ccccc2-c2ccccc21)CC(=O)O. The van der Waals surface area contributed by atoms with Gasteiger partial charge in [-0.1, -0.05) is 55.5 Å². The summed E-state index contributed by atoms with van der Waals surface area (Å²) in [4.78, 5) is 35.7. The summed E-state index contributed by atoms with van der Waals surface area (Å²) in [6.07, 6.45) is -0.570. The molecule has 0 saturated carbocycles. The second-order valence-electron chi connectivity index (χ2n) is 8.99. The second kappa shape index (κ2) is 10.7. The molecule has 3 N–H and O–H groups in total. The fraction of sp³-hybridized carbons (Fsp3) is 0.423. The first-order valence-electron chi connectivity index (χ1n) is 11.6. The molecule has 0 aromatic heterocycles. The molecule has 2 aromatic rings. The molecule has 1 aliphatic carbocycles. The summed E-state index contributed by atoms with van der Waals surface area (Å²) in [6, 6.07) is 16.3. The van der Waals surface area contributed by atoms with E-state index < -0.39 is 18.2 Å². The zero-order valence-corrected chi connectivity index (χ0v) is 19.2. The number of carboxylic acids is 1. The number of alkyl carbamates (subject to hydrolysis) is 1. The van der Waals surface area contributed by atoms with Gasteiger partial charge in [0.15, 0.2) is 0 Å². The summed E-state index contributed by atoms with van der Waals surface area (Å²) >= 11 is 0. The number of benzene rings is 2. The Morgan fingerprint density at radius 2 is 1.71 bits per heavy atom. The van der Waals surface area contributed by atoms with Gasteiger partial charge in [0.05, 0.1) is 0 Å². The fourth-order valence-electron chi connectivity index (χ4n) is 4.74. The maximum Gasteiger partial charge on any atom is 0.407 e. The normalized spacial score (nSPS) is 19.7. The van der Waals surface area contributed by atoms with Crippen molar-refractivity contribution in [3.05, 3.63) is 59.7 Å². The van der Waals surface area contributed by atoms with E-state index >= 15 is 0 Å². The summed E-state index contributed by atoms with van der Waals surface area (Å²) in [7, 11) is 0. The molecule has 0 bridgehead atoms. The van der Waals surface area contributed by atoms with E-state index in [9.17, 15) is 14.4 Å². The van der Waals surface area contributed by atoms with Crippen molar-refractivity contribution in [1.29, 1.82) is 0 Å². The summed E-state index contributed by atoms with van der Waals surface area (Å²) in [5.74, 6) is -1.55. The highest BCUT2D eigenvalue weighted by molar-refractivity contribution is 5.82. The van der Waals surface area contributed by atoms with Crippen LogP contribution in [0, 0.1) is 11.8 Å². The van der Waals surface area contributed by atoms with E-state index in [-0.39, 0.29) is 49.8 Å². The third-order valence-electron chi connectivity index (χ3n) is 6.47. The first-order chi connectivity index (χ1) is 16.4. The van der Waals surface area contributed by atoms with Gasteiger partial charge in [-0.3, -0.25) is 9.59 Å². The summed E-state index contributed by atoms with van der Waals surface area (Å²) < 4.78 is 11.1. The molecule has 2 aliphatic rings.